The Morgan fingerprint density at radius 1 is 1.37 bits per heavy atom. The van der Waals surface area contributed by atoms with Gasteiger partial charge in [-0.05, 0) is 25.0 Å². The third-order valence-electron chi connectivity index (χ3n) is 3.14. The van der Waals surface area contributed by atoms with Gasteiger partial charge in [-0.15, -0.1) is 10.2 Å². The fourth-order valence-electron chi connectivity index (χ4n) is 2.11. The SMILES string of the molecule is NCCOC1CCN(c2ccc(C(N)=O)nn2)CC1. The van der Waals surface area contributed by atoms with Gasteiger partial charge >= 0.3 is 0 Å². The quantitative estimate of drug-likeness (QED) is 0.744. The maximum absolute atomic E-state index is 10.9. The molecule has 1 aliphatic heterocycles. The molecule has 7 nitrogen and oxygen atoms in total. The van der Waals surface area contributed by atoms with Crippen LogP contribution in [-0.4, -0.2) is 48.4 Å². The first-order valence-electron chi connectivity index (χ1n) is 6.41. The lowest BCUT2D eigenvalue weighted by Gasteiger charge is -2.32. The Hall–Kier alpha value is -1.73. The van der Waals surface area contributed by atoms with E-state index in [-0.39, 0.29) is 11.8 Å². The predicted molar refractivity (Wildman–Crippen MR) is 70.8 cm³/mol. The van der Waals surface area contributed by atoms with Crippen LogP contribution in [0.15, 0.2) is 12.1 Å². The van der Waals surface area contributed by atoms with E-state index in [2.05, 4.69) is 15.1 Å². The zero-order chi connectivity index (χ0) is 13.7. The van der Waals surface area contributed by atoms with Crippen molar-refractivity contribution in [3.05, 3.63) is 17.8 Å². The van der Waals surface area contributed by atoms with E-state index in [1.54, 1.807) is 12.1 Å². The fraction of sp³-hybridized carbons (Fsp3) is 0.583. The van der Waals surface area contributed by atoms with E-state index in [0.29, 0.717) is 13.2 Å². The fourth-order valence-corrected chi connectivity index (χ4v) is 2.11. The van der Waals surface area contributed by atoms with Gasteiger partial charge in [0.1, 0.15) is 0 Å². The van der Waals surface area contributed by atoms with Crippen LogP contribution in [0.4, 0.5) is 5.82 Å². The number of nitrogens with zero attached hydrogens (tertiary/aromatic N) is 3. The molecule has 7 heteroatoms. The number of amides is 1. The highest BCUT2D eigenvalue weighted by molar-refractivity contribution is 5.90. The normalized spacial score (nSPS) is 16.6. The number of rotatable bonds is 5. The molecule has 4 N–H and O–H groups in total. The first kappa shape index (κ1) is 13.7. The molecule has 1 saturated heterocycles. The summed E-state index contributed by atoms with van der Waals surface area (Å²) in [7, 11) is 0. The van der Waals surface area contributed by atoms with Crippen molar-refractivity contribution in [2.75, 3.05) is 31.1 Å². The topological polar surface area (TPSA) is 107 Å². The maximum atomic E-state index is 10.9. The van der Waals surface area contributed by atoms with Gasteiger partial charge < -0.3 is 21.1 Å². The molecular formula is C12H19N5O2. The third kappa shape index (κ3) is 3.62. The first-order chi connectivity index (χ1) is 9.20. The Labute approximate surface area is 111 Å². The van der Waals surface area contributed by atoms with E-state index in [4.69, 9.17) is 16.2 Å². The number of ether oxygens (including phenoxy) is 1. The van der Waals surface area contributed by atoms with Crippen LogP contribution >= 0.6 is 0 Å². The highest BCUT2D eigenvalue weighted by Crippen LogP contribution is 2.18. The van der Waals surface area contributed by atoms with Gasteiger partial charge in [-0.25, -0.2) is 0 Å². The van der Waals surface area contributed by atoms with E-state index in [1.165, 1.54) is 0 Å². The Kier molecular flexibility index (Phi) is 4.64. The number of aromatic nitrogens is 2. The molecule has 19 heavy (non-hydrogen) atoms. The summed E-state index contributed by atoms with van der Waals surface area (Å²) in [4.78, 5) is 13.0. The number of carbonyl (C=O) groups is 1. The Morgan fingerprint density at radius 2 is 2.11 bits per heavy atom. The van der Waals surface area contributed by atoms with Crippen LogP contribution in [0.5, 0.6) is 0 Å². The summed E-state index contributed by atoms with van der Waals surface area (Å²) in [5.74, 6) is 0.204. The zero-order valence-electron chi connectivity index (χ0n) is 10.8. The Bertz CT molecular complexity index is 415. The van der Waals surface area contributed by atoms with Gasteiger partial charge in [0, 0.05) is 19.6 Å². The highest BCUT2D eigenvalue weighted by Gasteiger charge is 2.20. The summed E-state index contributed by atoms with van der Waals surface area (Å²) >= 11 is 0. The zero-order valence-corrected chi connectivity index (χ0v) is 10.8. The molecule has 0 bridgehead atoms. The summed E-state index contributed by atoms with van der Waals surface area (Å²) in [5, 5.41) is 7.83. The molecule has 1 aliphatic rings. The van der Waals surface area contributed by atoms with Crippen molar-refractivity contribution >= 4 is 11.7 Å². The van der Waals surface area contributed by atoms with Gasteiger partial charge in [0.2, 0.25) is 0 Å². The van der Waals surface area contributed by atoms with Crippen molar-refractivity contribution in [3.63, 3.8) is 0 Å². The molecule has 1 aromatic rings. The van der Waals surface area contributed by atoms with Crippen molar-refractivity contribution in [2.45, 2.75) is 18.9 Å². The average Bonchev–Trinajstić information content (AvgIpc) is 2.46. The molecule has 0 spiro atoms. The van der Waals surface area contributed by atoms with Gasteiger partial charge in [0.05, 0.1) is 12.7 Å². The van der Waals surface area contributed by atoms with Crippen molar-refractivity contribution in [2.24, 2.45) is 11.5 Å². The predicted octanol–water partition coefficient (Wildman–Crippen LogP) is -0.480. The molecule has 2 heterocycles. The number of hydrogen-bond acceptors (Lipinski definition) is 6. The molecule has 1 fully saturated rings. The van der Waals surface area contributed by atoms with Gasteiger partial charge in [-0.2, -0.15) is 0 Å². The van der Waals surface area contributed by atoms with E-state index in [1.807, 2.05) is 0 Å². The number of piperidine rings is 1. The smallest absolute Gasteiger partial charge is 0.269 e. The molecule has 0 atom stereocenters. The lowest BCUT2D eigenvalue weighted by molar-refractivity contribution is 0.0421. The summed E-state index contributed by atoms with van der Waals surface area (Å²) in [6, 6.07) is 3.37. The molecule has 0 radical (unpaired) electrons. The lowest BCUT2D eigenvalue weighted by atomic mass is 10.1. The van der Waals surface area contributed by atoms with Crippen LogP contribution in [-0.2, 0) is 4.74 Å². The van der Waals surface area contributed by atoms with Gasteiger partial charge in [-0.1, -0.05) is 0 Å². The minimum absolute atomic E-state index is 0.185. The van der Waals surface area contributed by atoms with E-state index >= 15 is 0 Å². The Balaban J connectivity index is 1.88. The van der Waals surface area contributed by atoms with Crippen LogP contribution in [0.3, 0.4) is 0 Å². The molecule has 0 aromatic carbocycles. The molecule has 2 rings (SSSR count). The molecule has 0 aliphatic carbocycles. The van der Waals surface area contributed by atoms with Crippen LogP contribution in [0.1, 0.15) is 23.3 Å². The summed E-state index contributed by atoms with van der Waals surface area (Å²) in [6.45, 7) is 2.89. The standard InChI is InChI=1S/C12H19N5O2/c13-5-8-19-9-3-6-17(7-4-9)11-2-1-10(12(14)18)15-16-11/h1-2,9H,3-8,13H2,(H2,14,18). The van der Waals surface area contributed by atoms with E-state index < -0.39 is 5.91 Å². The molecular weight excluding hydrogens is 246 g/mol. The Morgan fingerprint density at radius 3 is 2.63 bits per heavy atom. The largest absolute Gasteiger partial charge is 0.377 e. The third-order valence-corrected chi connectivity index (χ3v) is 3.14. The molecule has 1 amide bonds. The number of hydrogen-bond donors (Lipinski definition) is 2. The minimum atomic E-state index is -0.562. The van der Waals surface area contributed by atoms with E-state index in [9.17, 15) is 4.79 Å². The average molecular weight is 265 g/mol. The minimum Gasteiger partial charge on any atom is -0.377 e. The summed E-state index contributed by atoms with van der Waals surface area (Å²) in [5.41, 5.74) is 10.7. The molecule has 104 valence electrons. The number of anilines is 1. The summed E-state index contributed by atoms with van der Waals surface area (Å²) in [6.07, 6.45) is 2.16. The number of carbonyl (C=O) groups excluding carboxylic acids is 1. The molecule has 1 aromatic heterocycles. The van der Waals surface area contributed by atoms with E-state index in [0.717, 1.165) is 31.7 Å². The second kappa shape index (κ2) is 6.44. The van der Waals surface area contributed by atoms with Crippen LogP contribution in [0.2, 0.25) is 0 Å². The first-order valence-corrected chi connectivity index (χ1v) is 6.41. The molecule has 0 unspecified atom stereocenters. The van der Waals surface area contributed by atoms with Crippen LogP contribution < -0.4 is 16.4 Å². The lowest BCUT2D eigenvalue weighted by Crippen LogP contribution is -2.38. The van der Waals surface area contributed by atoms with Gasteiger partial charge in [-0.3, -0.25) is 4.79 Å². The van der Waals surface area contributed by atoms with Gasteiger partial charge in [0.25, 0.3) is 5.91 Å². The van der Waals surface area contributed by atoms with Crippen molar-refractivity contribution in [1.29, 1.82) is 0 Å². The second-order valence-electron chi connectivity index (χ2n) is 4.49. The van der Waals surface area contributed by atoms with Crippen molar-refractivity contribution < 1.29 is 9.53 Å². The summed E-state index contributed by atoms with van der Waals surface area (Å²) < 4.78 is 5.62. The second-order valence-corrected chi connectivity index (χ2v) is 4.49. The van der Waals surface area contributed by atoms with Crippen LogP contribution in [0.25, 0.3) is 0 Å². The van der Waals surface area contributed by atoms with Gasteiger partial charge in [0.15, 0.2) is 11.5 Å². The number of primary amides is 1. The van der Waals surface area contributed by atoms with Crippen molar-refractivity contribution in [3.8, 4) is 0 Å². The highest BCUT2D eigenvalue weighted by atomic mass is 16.5. The van der Waals surface area contributed by atoms with Crippen molar-refractivity contribution in [1.82, 2.24) is 10.2 Å². The van der Waals surface area contributed by atoms with Crippen LogP contribution in [0, 0.1) is 0 Å². The maximum Gasteiger partial charge on any atom is 0.269 e. The molecule has 0 saturated carbocycles. The monoisotopic (exact) mass is 265 g/mol. The number of nitrogens with two attached hydrogens (primary N) is 2.